The Kier molecular flexibility index (Phi) is 5.58. The average Bonchev–Trinajstić information content (AvgIpc) is 2.30. The van der Waals surface area contributed by atoms with Gasteiger partial charge in [0, 0.05) is 23.3 Å². The number of hydrogen-bond acceptors (Lipinski definition) is 4. The molecule has 0 spiro atoms. The Balaban J connectivity index is 2.83. The van der Waals surface area contributed by atoms with E-state index in [0.29, 0.717) is 16.8 Å². The van der Waals surface area contributed by atoms with Gasteiger partial charge in [0.05, 0.1) is 11.0 Å². The highest BCUT2D eigenvalue weighted by Crippen LogP contribution is 2.23. The summed E-state index contributed by atoms with van der Waals surface area (Å²) in [6.07, 6.45) is -0.176. The third-order valence-corrected chi connectivity index (χ3v) is 4.67. The van der Waals surface area contributed by atoms with E-state index in [1.165, 1.54) is 6.07 Å². The van der Waals surface area contributed by atoms with Crippen molar-refractivity contribution in [1.29, 1.82) is 0 Å². The second-order valence-electron chi connectivity index (χ2n) is 3.81. The molecule has 7 heteroatoms. The van der Waals surface area contributed by atoms with E-state index in [1.807, 2.05) is 6.92 Å². The summed E-state index contributed by atoms with van der Waals surface area (Å²) < 4.78 is 32.4. The van der Waals surface area contributed by atoms with Gasteiger partial charge in [0.1, 0.15) is 0 Å². The van der Waals surface area contributed by atoms with Gasteiger partial charge in [-0.2, -0.15) is 0 Å². The summed E-state index contributed by atoms with van der Waals surface area (Å²) in [5.41, 5.74) is 5.99. The van der Waals surface area contributed by atoms with Crippen LogP contribution in [0.2, 0.25) is 0 Å². The van der Waals surface area contributed by atoms with Gasteiger partial charge in [-0.25, -0.2) is 13.1 Å². The second kappa shape index (κ2) is 6.51. The van der Waals surface area contributed by atoms with Crippen molar-refractivity contribution in [3.8, 4) is 0 Å². The summed E-state index contributed by atoms with van der Waals surface area (Å²) >= 11 is 3.20. The van der Waals surface area contributed by atoms with Gasteiger partial charge < -0.3 is 10.5 Å². The van der Waals surface area contributed by atoms with Crippen LogP contribution >= 0.6 is 15.9 Å². The molecule has 0 saturated carbocycles. The molecule has 0 aromatic heterocycles. The van der Waals surface area contributed by atoms with E-state index in [1.54, 1.807) is 19.1 Å². The number of ether oxygens (including phenoxy) is 1. The van der Waals surface area contributed by atoms with Gasteiger partial charge in [-0.15, -0.1) is 0 Å². The molecule has 0 amide bonds. The molecule has 1 unspecified atom stereocenters. The molecule has 102 valence electrons. The minimum absolute atomic E-state index is 0.131. The van der Waals surface area contributed by atoms with Crippen molar-refractivity contribution in [2.45, 2.75) is 24.8 Å². The van der Waals surface area contributed by atoms with Crippen LogP contribution in [0.3, 0.4) is 0 Å². The molecule has 1 rings (SSSR count). The monoisotopic (exact) mass is 336 g/mol. The Hall–Kier alpha value is -0.630. The maximum absolute atomic E-state index is 12.1. The number of benzene rings is 1. The first-order valence-corrected chi connectivity index (χ1v) is 7.80. The molecule has 3 N–H and O–H groups in total. The third-order valence-electron chi connectivity index (χ3n) is 2.26. The number of nitrogen functional groups attached to an aromatic ring is 1. The molecule has 1 aromatic rings. The lowest BCUT2D eigenvalue weighted by Crippen LogP contribution is -2.32. The van der Waals surface area contributed by atoms with Crippen molar-refractivity contribution in [1.82, 2.24) is 4.72 Å². The first kappa shape index (κ1) is 15.4. The van der Waals surface area contributed by atoms with Crippen molar-refractivity contribution in [3.63, 3.8) is 0 Å². The number of nitrogens with two attached hydrogens (primary N) is 1. The summed E-state index contributed by atoms with van der Waals surface area (Å²) in [7, 11) is -3.58. The van der Waals surface area contributed by atoms with Crippen LogP contribution in [0.1, 0.15) is 13.8 Å². The van der Waals surface area contributed by atoms with Crippen molar-refractivity contribution in [2.24, 2.45) is 0 Å². The Morgan fingerprint density at radius 2 is 2.17 bits per heavy atom. The van der Waals surface area contributed by atoms with Gasteiger partial charge in [0.15, 0.2) is 0 Å². The lowest BCUT2D eigenvalue weighted by molar-refractivity contribution is 0.0799. The molecule has 0 fully saturated rings. The highest BCUT2D eigenvalue weighted by atomic mass is 79.9. The van der Waals surface area contributed by atoms with Crippen LogP contribution in [0.4, 0.5) is 5.69 Å². The van der Waals surface area contributed by atoms with Crippen LogP contribution in [0.15, 0.2) is 27.6 Å². The standard InChI is InChI=1S/C11H17BrN2O3S/c1-3-17-8(2)7-14-18(15,16)11-6-9(13)4-5-10(11)12/h4-6,8,14H,3,7,13H2,1-2H3. The van der Waals surface area contributed by atoms with Crippen molar-refractivity contribution >= 4 is 31.6 Å². The lowest BCUT2D eigenvalue weighted by Gasteiger charge is -2.13. The number of hydrogen-bond donors (Lipinski definition) is 2. The number of sulfonamides is 1. The fourth-order valence-corrected chi connectivity index (χ4v) is 3.49. The smallest absolute Gasteiger partial charge is 0.241 e. The first-order valence-electron chi connectivity index (χ1n) is 5.53. The molecule has 0 aliphatic heterocycles. The SMILES string of the molecule is CCOC(C)CNS(=O)(=O)c1cc(N)ccc1Br. The number of nitrogens with one attached hydrogen (secondary N) is 1. The molecule has 0 radical (unpaired) electrons. The Morgan fingerprint density at radius 3 is 2.78 bits per heavy atom. The molecule has 18 heavy (non-hydrogen) atoms. The molecule has 0 bridgehead atoms. The molecular formula is C11H17BrN2O3S. The minimum Gasteiger partial charge on any atom is -0.399 e. The molecular weight excluding hydrogens is 320 g/mol. The van der Waals surface area contributed by atoms with Gasteiger partial charge in [0.2, 0.25) is 10.0 Å². The second-order valence-corrected chi connectivity index (χ2v) is 6.40. The molecule has 0 aliphatic carbocycles. The first-order chi connectivity index (χ1) is 8.36. The number of halogens is 1. The van der Waals surface area contributed by atoms with Crippen molar-refractivity contribution in [2.75, 3.05) is 18.9 Å². The van der Waals surface area contributed by atoms with Crippen LogP contribution in [0.5, 0.6) is 0 Å². The predicted octanol–water partition coefficient (Wildman–Crippen LogP) is 1.73. The molecule has 0 heterocycles. The van der Waals surface area contributed by atoms with E-state index < -0.39 is 10.0 Å². The van der Waals surface area contributed by atoms with Gasteiger partial charge >= 0.3 is 0 Å². The van der Waals surface area contributed by atoms with E-state index in [9.17, 15) is 8.42 Å². The molecule has 0 aliphatic rings. The van der Waals surface area contributed by atoms with E-state index in [-0.39, 0.29) is 17.5 Å². The van der Waals surface area contributed by atoms with Gasteiger partial charge in [-0.1, -0.05) is 0 Å². The fourth-order valence-electron chi connectivity index (χ4n) is 1.37. The van der Waals surface area contributed by atoms with Gasteiger partial charge in [-0.05, 0) is 48.0 Å². The fraction of sp³-hybridized carbons (Fsp3) is 0.455. The lowest BCUT2D eigenvalue weighted by atomic mass is 10.3. The third kappa shape index (κ3) is 4.24. The minimum atomic E-state index is -3.58. The summed E-state index contributed by atoms with van der Waals surface area (Å²) in [4.78, 5) is 0.131. The quantitative estimate of drug-likeness (QED) is 0.775. The molecule has 1 atom stereocenters. The average molecular weight is 337 g/mol. The maximum atomic E-state index is 12.1. The van der Waals surface area contributed by atoms with Gasteiger partial charge in [-0.3, -0.25) is 0 Å². The van der Waals surface area contributed by atoms with Crippen LogP contribution in [-0.2, 0) is 14.8 Å². The van der Waals surface area contributed by atoms with Crippen LogP contribution in [-0.4, -0.2) is 27.7 Å². The highest BCUT2D eigenvalue weighted by Gasteiger charge is 2.18. The Morgan fingerprint density at radius 1 is 1.50 bits per heavy atom. The van der Waals surface area contributed by atoms with Crippen LogP contribution in [0, 0.1) is 0 Å². The number of rotatable bonds is 6. The van der Waals surface area contributed by atoms with E-state index in [2.05, 4.69) is 20.7 Å². The Labute approximate surface area is 116 Å². The van der Waals surface area contributed by atoms with Crippen LogP contribution in [0.25, 0.3) is 0 Å². The largest absolute Gasteiger partial charge is 0.399 e. The van der Waals surface area contributed by atoms with E-state index >= 15 is 0 Å². The van der Waals surface area contributed by atoms with E-state index in [0.717, 1.165) is 0 Å². The summed E-state index contributed by atoms with van der Waals surface area (Å²) in [5, 5.41) is 0. The number of anilines is 1. The zero-order chi connectivity index (χ0) is 13.8. The molecule has 1 aromatic carbocycles. The zero-order valence-corrected chi connectivity index (χ0v) is 12.7. The summed E-state index contributed by atoms with van der Waals surface area (Å²) in [6.45, 7) is 4.43. The van der Waals surface area contributed by atoms with Crippen LogP contribution < -0.4 is 10.5 Å². The van der Waals surface area contributed by atoms with Crippen molar-refractivity contribution < 1.29 is 13.2 Å². The topological polar surface area (TPSA) is 81.4 Å². The van der Waals surface area contributed by atoms with Gasteiger partial charge in [0.25, 0.3) is 0 Å². The summed E-state index contributed by atoms with van der Waals surface area (Å²) in [5.74, 6) is 0. The predicted molar refractivity (Wildman–Crippen MR) is 74.8 cm³/mol. The molecule has 0 saturated heterocycles. The highest BCUT2D eigenvalue weighted by molar-refractivity contribution is 9.10. The van der Waals surface area contributed by atoms with E-state index in [4.69, 9.17) is 10.5 Å². The normalized spacial score (nSPS) is 13.5. The summed E-state index contributed by atoms with van der Waals surface area (Å²) in [6, 6.07) is 4.65. The zero-order valence-electron chi connectivity index (χ0n) is 10.3. The van der Waals surface area contributed by atoms with Crippen molar-refractivity contribution in [3.05, 3.63) is 22.7 Å². The Bertz CT molecular complexity index is 505. The molecule has 5 nitrogen and oxygen atoms in total. The maximum Gasteiger partial charge on any atom is 0.241 e.